The largest absolute Gasteiger partial charge is 0.773 e. The first-order valence-electron chi connectivity index (χ1n) is 22.2. The lowest BCUT2D eigenvalue weighted by Crippen LogP contribution is -2.36. The van der Waals surface area contributed by atoms with Crippen molar-refractivity contribution < 1.29 is 31.1 Å². The van der Waals surface area contributed by atoms with E-state index in [2.05, 4.69) is 11.8 Å². The number of hydrogen-bond donors (Lipinski definition) is 1. The third-order valence-corrected chi connectivity index (χ3v) is 11.8. The highest BCUT2D eigenvalue weighted by Gasteiger charge is 2.36. The maximum Gasteiger partial charge on any atom is 0.267 e. The highest BCUT2D eigenvalue weighted by Crippen LogP contribution is 2.41. The molecule has 2 unspecified atom stereocenters. The average Bonchev–Trinajstić information content (AvgIpc) is 3.20. The van der Waals surface area contributed by atoms with Crippen molar-refractivity contribution in [1.29, 1.82) is 5.41 Å². The summed E-state index contributed by atoms with van der Waals surface area (Å²) in [7, 11) is 0. The molecule has 1 saturated heterocycles. The van der Waals surface area contributed by atoms with Gasteiger partial charge in [-0.2, -0.15) is 0 Å². The van der Waals surface area contributed by atoms with E-state index in [0.29, 0.717) is 65.1 Å². The first kappa shape index (κ1) is 50.8. The molecular formula is C48H66F4N5O4S-. The predicted molar refractivity (Wildman–Crippen MR) is 241 cm³/mol. The van der Waals surface area contributed by atoms with Crippen LogP contribution >= 0.6 is 0 Å². The van der Waals surface area contributed by atoms with Crippen LogP contribution in [0, 0.1) is 36.8 Å². The molecule has 1 aliphatic heterocycles. The number of hydrogen-bond acceptors (Lipinski definition) is 8. The lowest BCUT2D eigenvalue weighted by molar-refractivity contribution is -0.0384. The molecule has 2 aromatic carbocycles. The maximum atomic E-state index is 14.7. The molecular weight excluding hydrogens is 819 g/mol. The fourth-order valence-electron chi connectivity index (χ4n) is 8.50. The first-order chi connectivity index (χ1) is 29.4. The SMILES string of the molecule is CCCC(Cc1cc(F)cc(F)c1)c1nc2nc(C3CCC(F)(F)CC3)cc(C)c2c(=O)n1-c1ccc(CC)c(C(=N)C(C)C)c1C.CCCCCN1CCOCC1.CS(=O)[O-]. The van der Waals surface area contributed by atoms with Crippen LogP contribution in [0.1, 0.15) is 144 Å². The number of pyridine rings is 1. The van der Waals surface area contributed by atoms with Gasteiger partial charge in [0.25, 0.3) is 5.56 Å². The van der Waals surface area contributed by atoms with E-state index in [0.717, 1.165) is 61.7 Å². The summed E-state index contributed by atoms with van der Waals surface area (Å²) < 4.78 is 81.5. The molecule has 2 atom stereocenters. The Bertz CT molecular complexity index is 2170. The predicted octanol–water partition coefficient (Wildman–Crippen LogP) is 10.7. The quantitative estimate of drug-likeness (QED) is 0.0579. The Hall–Kier alpha value is -3.85. The van der Waals surface area contributed by atoms with E-state index >= 15 is 0 Å². The van der Waals surface area contributed by atoms with Gasteiger partial charge in [0, 0.05) is 60.8 Å². The number of morpholine rings is 1. The van der Waals surface area contributed by atoms with Gasteiger partial charge >= 0.3 is 0 Å². The van der Waals surface area contributed by atoms with Crippen LogP contribution in [0.25, 0.3) is 16.7 Å². The summed E-state index contributed by atoms with van der Waals surface area (Å²) in [6.07, 6.45) is 7.56. The molecule has 2 aliphatic rings. The van der Waals surface area contributed by atoms with Crippen LogP contribution < -0.4 is 5.56 Å². The van der Waals surface area contributed by atoms with Crippen molar-refractivity contribution in [3.8, 4) is 5.69 Å². The molecule has 0 amide bonds. The first-order valence-corrected chi connectivity index (χ1v) is 23.7. The molecule has 0 bridgehead atoms. The molecule has 1 aliphatic carbocycles. The van der Waals surface area contributed by atoms with Crippen molar-refractivity contribution in [2.45, 2.75) is 137 Å². The molecule has 1 saturated carbocycles. The van der Waals surface area contributed by atoms with Crippen LogP contribution in [0.3, 0.4) is 0 Å². The highest BCUT2D eigenvalue weighted by atomic mass is 32.2. The summed E-state index contributed by atoms with van der Waals surface area (Å²) >= 11 is -1.86. The third-order valence-electron chi connectivity index (χ3n) is 11.8. The lowest BCUT2D eigenvalue weighted by atomic mass is 9.84. The number of nitrogens with zero attached hydrogens (tertiary/aromatic N) is 4. The molecule has 62 heavy (non-hydrogen) atoms. The number of alkyl halides is 2. The number of unbranched alkanes of at least 4 members (excludes halogenated alkanes) is 2. The Labute approximate surface area is 367 Å². The van der Waals surface area contributed by atoms with Crippen LogP contribution in [0.2, 0.25) is 0 Å². The van der Waals surface area contributed by atoms with Gasteiger partial charge in [-0.3, -0.25) is 18.5 Å². The Kier molecular flexibility index (Phi) is 19.4. The normalized spacial score (nSPS) is 16.6. The molecule has 14 heteroatoms. The minimum Gasteiger partial charge on any atom is -0.773 e. The molecule has 3 heterocycles. The summed E-state index contributed by atoms with van der Waals surface area (Å²) in [6.45, 7) is 19.4. The van der Waals surface area contributed by atoms with Crippen molar-refractivity contribution >= 4 is 27.8 Å². The van der Waals surface area contributed by atoms with Crippen molar-refractivity contribution in [1.82, 2.24) is 19.4 Å². The van der Waals surface area contributed by atoms with Crippen LogP contribution in [-0.4, -0.2) is 78.9 Å². The van der Waals surface area contributed by atoms with Crippen molar-refractivity contribution in [2.75, 3.05) is 39.1 Å². The minimum atomic E-state index is -2.68. The number of rotatable bonds is 14. The standard InChI is InChI=1S/C38H44F4N4O.C9H19NO.CH4O2S/c1-7-9-27(17-24-18-28(39)20-29(40)19-24)36-45-35-32(22(5)16-30(44-35)26-12-14-38(41,42)15-13-26)37(47)46(36)31-11-10-25(8-2)33(23(31)6)34(43)21(3)4;1-2-3-4-5-10-6-8-11-9-7-10;1-4(2)3/h10-11,16,18-21,26-27,43H,7-9,12-15,17H2,1-6H3;2-9H2,1H3;1H3,(H,2,3)/p-1. The maximum absolute atomic E-state index is 14.7. The Morgan fingerprint density at radius 2 is 1.61 bits per heavy atom. The number of ether oxygens (including phenoxy) is 1. The molecule has 2 aromatic heterocycles. The van der Waals surface area contributed by atoms with Crippen LogP contribution in [0.4, 0.5) is 17.6 Å². The van der Waals surface area contributed by atoms with Crippen LogP contribution in [0.15, 0.2) is 41.2 Å². The van der Waals surface area contributed by atoms with Gasteiger partial charge < -0.3 is 14.7 Å². The Morgan fingerprint density at radius 1 is 0.984 bits per heavy atom. The van der Waals surface area contributed by atoms with Gasteiger partial charge in [0.2, 0.25) is 5.92 Å². The molecule has 6 rings (SSSR count). The molecule has 9 nitrogen and oxygen atoms in total. The summed E-state index contributed by atoms with van der Waals surface area (Å²) in [5.41, 5.74) is 5.36. The van der Waals surface area contributed by atoms with E-state index in [1.54, 1.807) is 4.57 Å². The number of aromatic nitrogens is 3. The zero-order chi connectivity index (χ0) is 45.7. The summed E-state index contributed by atoms with van der Waals surface area (Å²) in [6, 6.07) is 9.12. The van der Waals surface area contributed by atoms with Crippen LogP contribution in [0.5, 0.6) is 0 Å². The van der Waals surface area contributed by atoms with Gasteiger partial charge in [0.05, 0.1) is 24.3 Å². The minimum absolute atomic E-state index is 0.0412. The second-order valence-electron chi connectivity index (χ2n) is 17.0. The molecule has 1 N–H and O–H groups in total. The second kappa shape index (κ2) is 23.7. The molecule has 0 radical (unpaired) electrons. The van der Waals surface area contributed by atoms with Crippen LogP contribution in [-0.2, 0) is 28.7 Å². The van der Waals surface area contributed by atoms with Gasteiger partial charge in [-0.1, -0.05) is 71.0 Å². The van der Waals surface area contributed by atoms with Crippen molar-refractivity contribution in [3.05, 3.63) is 97.7 Å². The smallest absolute Gasteiger partial charge is 0.267 e. The third kappa shape index (κ3) is 13.8. The van der Waals surface area contributed by atoms with E-state index in [-0.39, 0.29) is 42.3 Å². The molecule has 2 fully saturated rings. The van der Waals surface area contributed by atoms with E-state index in [4.69, 9.17) is 28.9 Å². The zero-order valence-corrected chi connectivity index (χ0v) is 38.7. The van der Waals surface area contributed by atoms with Crippen molar-refractivity contribution in [2.24, 2.45) is 5.92 Å². The Balaban J connectivity index is 0.000000477. The molecule has 342 valence electrons. The van der Waals surface area contributed by atoms with E-state index in [1.807, 2.05) is 59.7 Å². The van der Waals surface area contributed by atoms with Gasteiger partial charge in [0.15, 0.2) is 5.65 Å². The van der Waals surface area contributed by atoms with E-state index < -0.39 is 34.6 Å². The number of benzene rings is 2. The average molecular weight is 885 g/mol. The Morgan fingerprint density at radius 3 is 2.18 bits per heavy atom. The van der Waals surface area contributed by atoms with Gasteiger partial charge in [0.1, 0.15) is 17.5 Å². The fourth-order valence-corrected chi connectivity index (χ4v) is 8.50. The molecule has 0 spiro atoms. The van der Waals surface area contributed by atoms with E-state index in [9.17, 15) is 22.4 Å². The summed E-state index contributed by atoms with van der Waals surface area (Å²) in [5, 5.41) is 9.29. The van der Waals surface area contributed by atoms with Gasteiger partial charge in [-0.05, 0) is 118 Å². The fraction of sp³-hybridized carbons (Fsp3) is 0.583. The van der Waals surface area contributed by atoms with Gasteiger partial charge in [-0.25, -0.2) is 27.5 Å². The van der Waals surface area contributed by atoms with E-state index in [1.165, 1.54) is 37.9 Å². The highest BCUT2D eigenvalue weighted by molar-refractivity contribution is 7.78. The van der Waals surface area contributed by atoms with Crippen molar-refractivity contribution in [3.63, 3.8) is 0 Å². The lowest BCUT2D eigenvalue weighted by Gasteiger charge is -2.28. The van der Waals surface area contributed by atoms with Gasteiger partial charge in [-0.15, -0.1) is 0 Å². The monoisotopic (exact) mass is 884 g/mol. The summed E-state index contributed by atoms with van der Waals surface area (Å²) in [4.78, 5) is 27.2. The second-order valence-corrected chi connectivity index (χ2v) is 17.8. The zero-order valence-electron chi connectivity index (χ0n) is 37.9. The topological polar surface area (TPSA) is 124 Å². The number of aryl methyl sites for hydroxylation is 2. The molecule has 4 aromatic rings. The summed E-state index contributed by atoms with van der Waals surface area (Å²) in [5.74, 6) is -4.23. The number of nitrogens with one attached hydrogen (secondary N) is 1. The number of halogens is 4. The number of fused-ring (bicyclic) bond motifs is 1.